The Kier molecular flexibility index (Phi) is 4.56. The second-order valence-corrected chi connectivity index (χ2v) is 8.77. The molecule has 4 rings (SSSR count). The van der Waals surface area contributed by atoms with Gasteiger partial charge >= 0.3 is 173 Å². The zero-order valence-electron chi connectivity index (χ0n) is 16.3. The third kappa shape index (κ3) is 2.39. The summed E-state index contributed by atoms with van der Waals surface area (Å²) in [5, 5.41) is 21.0. The average molecular weight is 442 g/mol. The number of nitrogens with zero attached hydrogens (tertiary/aromatic N) is 6. The molecule has 145 valence electrons. The molecule has 0 aliphatic carbocycles. The van der Waals surface area contributed by atoms with Crippen molar-refractivity contribution in [1.82, 2.24) is 14.7 Å². The Hall–Kier alpha value is -2.22. The van der Waals surface area contributed by atoms with Crippen LogP contribution in [0.25, 0.3) is 0 Å². The van der Waals surface area contributed by atoms with Crippen LogP contribution < -0.4 is 4.74 Å². The van der Waals surface area contributed by atoms with Crippen molar-refractivity contribution in [2.45, 2.75) is 5.92 Å². The number of amidine groups is 1. The number of piperidine rings is 2. The molecule has 2 bridgehead atoms. The molecule has 1 aromatic carbocycles. The van der Waals surface area contributed by atoms with Gasteiger partial charge in [0.1, 0.15) is 0 Å². The van der Waals surface area contributed by atoms with Gasteiger partial charge in [-0.25, -0.2) is 0 Å². The first-order valence-corrected chi connectivity index (χ1v) is 10.1. The molecule has 0 saturated carbocycles. The standard InChI is InChI=1S/C20H23N6OSe/c1-24-10-19(8-21)16(14-6-4-5-7-15(14)27-3)20(9-22,11-24)18(28)26-13-25(2)12-23-17(19)26/h4-7,16,28H,10-13H2,1-3H3. The van der Waals surface area contributed by atoms with E-state index >= 15 is 0 Å². The number of likely N-dealkylation sites (tertiary alicyclic amines) is 1. The van der Waals surface area contributed by atoms with Crippen molar-refractivity contribution >= 4 is 26.0 Å². The molecule has 3 aliphatic heterocycles. The molecule has 8 heteroatoms. The van der Waals surface area contributed by atoms with Crippen molar-refractivity contribution in [1.29, 1.82) is 10.5 Å². The van der Waals surface area contributed by atoms with Crippen molar-refractivity contribution in [2.75, 3.05) is 47.6 Å². The molecule has 2 saturated heterocycles. The molecule has 0 amide bonds. The van der Waals surface area contributed by atoms with Crippen molar-refractivity contribution in [3.8, 4) is 17.9 Å². The van der Waals surface area contributed by atoms with Gasteiger partial charge in [0, 0.05) is 0 Å². The first-order valence-electron chi connectivity index (χ1n) is 9.15. The normalized spacial score (nSPS) is 32.8. The molecular formula is C20H23N6OSe. The minimum atomic E-state index is -0.929. The van der Waals surface area contributed by atoms with Gasteiger partial charge in [-0.05, 0) is 0 Å². The Balaban J connectivity index is 2.05. The molecule has 0 N–H and O–H groups in total. The van der Waals surface area contributed by atoms with Gasteiger partial charge in [-0.2, -0.15) is 0 Å². The van der Waals surface area contributed by atoms with Crippen LogP contribution in [0.3, 0.4) is 0 Å². The fourth-order valence-corrected chi connectivity index (χ4v) is 5.92. The van der Waals surface area contributed by atoms with Gasteiger partial charge in [0.05, 0.1) is 0 Å². The van der Waals surface area contributed by atoms with Crippen LogP contribution in [0, 0.1) is 33.5 Å². The number of fused-ring (bicyclic) bond motifs is 4. The van der Waals surface area contributed by atoms with Crippen LogP contribution >= 0.6 is 0 Å². The van der Waals surface area contributed by atoms with Gasteiger partial charge < -0.3 is 0 Å². The molecule has 2 fully saturated rings. The summed E-state index contributed by atoms with van der Waals surface area (Å²) in [6.07, 6.45) is 0. The van der Waals surface area contributed by atoms with E-state index in [1.54, 1.807) is 7.11 Å². The second-order valence-electron chi connectivity index (χ2n) is 7.89. The monoisotopic (exact) mass is 443 g/mol. The van der Waals surface area contributed by atoms with Crippen LogP contribution in [0.5, 0.6) is 5.75 Å². The fraction of sp³-hybridized carbons (Fsp3) is 0.500. The third-order valence-corrected chi connectivity index (χ3v) is 7.37. The average Bonchev–Trinajstić information content (AvgIpc) is 2.71. The summed E-state index contributed by atoms with van der Waals surface area (Å²) in [6.45, 7) is 2.23. The second kappa shape index (κ2) is 6.69. The predicted octanol–water partition coefficient (Wildman–Crippen LogP) is 0.349. The SMILES string of the molecule is COc1ccccc1C1C2(C#N)CN(C)CC1(C#N)C1=NCN(C)CN1C2=[SeH]. The van der Waals surface area contributed by atoms with E-state index in [9.17, 15) is 10.5 Å². The number of hydrogen-bond donors (Lipinski definition) is 0. The summed E-state index contributed by atoms with van der Waals surface area (Å²) >= 11 is 2.60. The summed E-state index contributed by atoms with van der Waals surface area (Å²) in [7, 11) is 5.60. The van der Waals surface area contributed by atoms with Gasteiger partial charge in [0.15, 0.2) is 0 Å². The number of methoxy groups -OCH3 is 1. The Bertz CT molecular complexity index is 949. The first-order chi connectivity index (χ1) is 13.4. The van der Waals surface area contributed by atoms with Crippen LogP contribution in [0.2, 0.25) is 0 Å². The molecule has 3 aliphatic rings. The van der Waals surface area contributed by atoms with Crippen LogP contribution in [0.15, 0.2) is 29.3 Å². The molecule has 3 atom stereocenters. The number of hydrogen-bond acceptors (Lipinski definition) is 7. The summed E-state index contributed by atoms with van der Waals surface area (Å²) in [5.74, 6) is 1.11. The van der Waals surface area contributed by atoms with Crippen molar-refractivity contribution in [3.05, 3.63) is 29.8 Å². The maximum absolute atomic E-state index is 10.5. The zero-order valence-corrected chi connectivity index (χ0v) is 18.1. The Morgan fingerprint density at radius 1 is 1.14 bits per heavy atom. The van der Waals surface area contributed by atoms with Crippen molar-refractivity contribution in [2.24, 2.45) is 15.8 Å². The minimum absolute atomic E-state index is 0.362. The van der Waals surface area contributed by atoms with E-state index in [2.05, 4.69) is 42.4 Å². The van der Waals surface area contributed by atoms with E-state index < -0.39 is 10.8 Å². The van der Waals surface area contributed by atoms with Crippen LogP contribution in [-0.4, -0.2) is 88.3 Å². The van der Waals surface area contributed by atoms with E-state index in [1.165, 1.54) is 0 Å². The van der Waals surface area contributed by atoms with Gasteiger partial charge in [-0.15, -0.1) is 0 Å². The van der Waals surface area contributed by atoms with Crippen molar-refractivity contribution in [3.63, 3.8) is 0 Å². The number of benzene rings is 1. The fourth-order valence-electron chi connectivity index (χ4n) is 5.06. The molecule has 0 spiro atoms. The van der Waals surface area contributed by atoms with E-state index in [4.69, 9.17) is 9.73 Å². The molecule has 7 nitrogen and oxygen atoms in total. The Morgan fingerprint density at radius 2 is 1.82 bits per heavy atom. The number of para-hydroxylation sites is 1. The predicted molar refractivity (Wildman–Crippen MR) is 108 cm³/mol. The number of nitriles is 2. The summed E-state index contributed by atoms with van der Waals surface area (Å²) in [6, 6.07) is 13.0. The first kappa shape index (κ1) is 19.1. The summed E-state index contributed by atoms with van der Waals surface area (Å²) in [5.41, 5.74) is -0.901. The number of aliphatic imine (C=N–C) groups is 1. The van der Waals surface area contributed by atoms with E-state index in [0.717, 1.165) is 15.9 Å². The third-order valence-electron chi connectivity index (χ3n) is 6.03. The van der Waals surface area contributed by atoms with E-state index in [0.29, 0.717) is 32.2 Å². The van der Waals surface area contributed by atoms with Gasteiger partial charge in [-0.3, -0.25) is 0 Å². The molecule has 3 heterocycles. The topological polar surface area (TPSA) is 78.9 Å². The zero-order chi connectivity index (χ0) is 20.1. The number of ether oxygens (including phenoxy) is 1. The molecule has 28 heavy (non-hydrogen) atoms. The molecule has 1 radical (unpaired) electrons. The molecule has 1 aromatic rings. The quantitative estimate of drug-likeness (QED) is 0.616. The van der Waals surface area contributed by atoms with Crippen LogP contribution in [0.1, 0.15) is 11.5 Å². The summed E-state index contributed by atoms with van der Waals surface area (Å²) < 4.78 is 6.54. The molecular weight excluding hydrogens is 419 g/mol. The van der Waals surface area contributed by atoms with Gasteiger partial charge in [0.25, 0.3) is 0 Å². The summed E-state index contributed by atoms with van der Waals surface area (Å²) in [4.78, 5) is 11.0. The Labute approximate surface area is 173 Å². The van der Waals surface area contributed by atoms with Crippen molar-refractivity contribution < 1.29 is 4.74 Å². The molecule has 3 unspecified atom stereocenters. The van der Waals surface area contributed by atoms with Gasteiger partial charge in [0.2, 0.25) is 0 Å². The van der Waals surface area contributed by atoms with E-state index in [1.807, 2.05) is 38.4 Å². The number of rotatable bonds is 2. The van der Waals surface area contributed by atoms with E-state index in [-0.39, 0.29) is 5.92 Å². The molecule has 0 aromatic heterocycles. The van der Waals surface area contributed by atoms with Gasteiger partial charge in [-0.1, -0.05) is 0 Å². The maximum atomic E-state index is 10.5. The van der Waals surface area contributed by atoms with Crippen LogP contribution in [-0.2, 0) is 0 Å². The Morgan fingerprint density at radius 3 is 2.50 bits per heavy atom. The van der Waals surface area contributed by atoms with Crippen LogP contribution in [0.4, 0.5) is 0 Å².